The minimum atomic E-state index is 0.743. The molecule has 1 heterocycles. The molecule has 0 spiro atoms. The van der Waals surface area contributed by atoms with Gasteiger partial charge in [0.2, 0.25) is 0 Å². The quantitative estimate of drug-likeness (QED) is 0.718. The number of nitrogens with zero attached hydrogens (tertiary/aromatic N) is 1. The van der Waals surface area contributed by atoms with Crippen LogP contribution in [0.25, 0.3) is 0 Å². The second kappa shape index (κ2) is 6.99. The molecule has 1 rings (SSSR count). The smallest absolute Gasteiger partial charge is 0.0325 e. The average molecular weight is 226 g/mol. The van der Waals surface area contributed by atoms with Crippen molar-refractivity contribution in [2.75, 3.05) is 26.7 Å². The summed E-state index contributed by atoms with van der Waals surface area (Å²) in [4.78, 5) is 3.81. The highest BCUT2D eigenvalue weighted by molar-refractivity contribution is 7.09. The third-order valence-electron chi connectivity index (χ3n) is 2.23. The maximum atomic E-state index is 3.46. The van der Waals surface area contributed by atoms with Gasteiger partial charge in [0.1, 0.15) is 0 Å². The molecule has 0 saturated carbocycles. The van der Waals surface area contributed by atoms with Gasteiger partial charge in [-0.25, -0.2) is 0 Å². The van der Waals surface area contributed by atoms with Gasteiger partial charge in [-0.3, -0.25) is 0 Å². The van der Waals surface area contributed by atoms with E-state index in [0.29, 0.717) is 0 Å². The van der Waals surface area contributed by atoms with E-state index in [-0.39, 0.29) is 0 Å². The number of thiophene rings is 1. The fraction of sp³-hybridized carbons (Fsp3) is 0.667. The fourth-order valence-corrected chi connectivity index (χ4v) is 2.19. The standard InChI is InChI=1S/C12H22N2S/c1-11(2)9-13-6-7-14(3)10-12-5-4-8-15-12/h4-5,8,11,13H,6-7,9-10H2,1-3H3. The van der Waals surface area contributed by atoms with E-state index in [1.165, 1.54) is 4.88 Å². The molecule has 0 unspecified atom stereocenters. The van der Waals surface area contributed by atoms with Crippen LogP contribution < -0.4 is 5.32 Å². The maximum absolute atomic E-state index is 3.46. The maximum Gasteiger partial charge on any atom is 0.0325 e. The molecule has 0 bridgehead atoms. The lowest BCUT2D eigenvalue weighted by Gasteiger charge is -2.16. The molecule has 15 heavy (non-hydrogen) atoms. The molecule has 0 atom stereocenters. The average Bonchev–Trinajstić information content (AvgIpc) is 2.64. The van der Waals surface area contributed by atoms with Crippen LogP contribution in [-0.2, 0) is 6.54 Å². The zero-order chi connectivity index (χ0) is 11.1. The Kier molecular flexibility index (Phi) is 5.91. The van der Waals surface area contributed by atoms with Gasteiger partial charge in [-0.05, 0) is 31.0 Å². The summed E-state index contributed by atoms with van der Waals surface area (Å²) in [5.41, 5.74) is 0. The summed E-state index contributed by atoms with van der Waals surface area (Å²) < 4.78 is 0. The predicted octanol–water partition coefficient (Wildman–Crippen LogP) is 2.43. The Balaban J connectivity index is 2.06. The van der Waals surface area contributed by atoms with Crippen LogP contribution >= 0.6 is 11.3 Å². The van der Waals surface area contributed by atoms with E-state index in [2.05, 4.69) is 48.6 Å². The third-order valence-corrected chi connectivity index (χ3v) is 3.09. The molecule has 86 valence electrons. The van der Waals surface area contributed by atoms with Gasteiger partial charge in [0, 0.05) is 24.5 Å². The number of hydrogen-bond donors (Lipinski definition) is 1. The molecular formula is C12H22N2S. The number of rotatable bonds is 7. The van der Waals surface area contributed by atoms with E-state index < -0.39 is 0 Å². The van der Waals surface area contributed by atoms with E-state index in [1.807, 2.05) is 11.3 Å². The fourth-order valence-electron chi connectivity index (χ4n) is 1.41. The lowest BCUT2D eigenvalue weighted by molar-refractivity contribution is 0.324. The first kappa shape index (κ1) is 12.7. The van der Waals surface area contributed by atoms with Crippen molar-refractivity contribution in [2.24, 2.45) is 5.92 Å². The minimum Gasteiger partial charge on any atom is -0.315 e. The van der Waals surface area contributed by atoms with Crippen molar-refractivity contribution in [3.8, 4) is 0 Å². The lowest BCUT2D eigenvalue weighted by atomic mass is 10.2. The molecule has 0 radical (unpaired) electrons. The summed E-state index contributed by atoms with van der Waals surface area (Å²) in [6, 6.07) is 4.31. The molecule has 3 heteroatoms. The van der Waals surface area contributed by atoms with Crippen molar-refractivity contribution in [3.05, 3.63) is 22.4 Å². The first-order chi connectivity index (χ1) is 7.18. The van der Waals surface area contributed by atoms with Crippen LogP contribution in [0.2, 0.25) is 0 Å². The Morgan fingerprint density at radius 1 is 1.47 bits per heavy atom. The first-order valence-corrected chi connectivity index (χ1v) is 6.48. The predicted molar refractivity (Wildman–Crippen MR) is 68.4 cm³/mol. The third kappa shape index (κ3) is 5.92. The molecule has 0 aromatic carbocycles. The molecular weight excluding hydrogens is 204 g/mol. The van der Waals surface area contributed by atoms with E-state index >= 15 is 0 Å². The molecule has 0 aliphatic heterocycles. The molecule has 0 amide bonds. The summed E-state index contributed by atoms with van der Waals surface area (Å²) in [7, 11) is 2.18. The van der Waals surface area contributed by atoms with Crippen LogP contribution in [0.15, 0.2) is 17.5 Å². The van der Waals surface area contributed by atoms with Crippen LogP contribution in [0.3, 0.4) is 0 Å². The molecule has 0 aliphatic rings. The zero-order valence-corrected chi connectivity index (χ0v) is 10.8. The van der Waals surface area contributed by atoms with Gasteiger partial charge >= 0.3 is 0 Å². The van der Waals surface area contributed by atoms with Crippen LogP contribution in [0, 0.1) is 5.92 Å². The van der Waals surface area contributed by atoms with E-state index in [9.17, 15) is 0 Å². The van der Waals surface area contributed by atoms with Crippen LogP contribution in [0.5, 0.6) is 0 Å². The highest BCUT2D eigenvalue weighted by Gasteiger charge is 2.00. The molecule has 1 N–H and O–H groups in total. The van der Waals surface area contributed by atoms with Crippen LogP contribution in [0.4, 0.5) is 0 Å². The lowest BCUT2D eigenvalue weighted by Crippen LogP contribution is -2.30. The summed E-state index contributed by atoms with van der Waals surface area (Å²) in [6.45, 7) is 8.86. The largest absolute Gasteiger partial charge is 0.315 e. The molecule has 1 aromatic heterocycles. The van der Waals surface area contributed by atoms with Crippen molar-refractivity contribution in [1.29, 1.82) is 0 Å². The number of likely N-dealkylation sites (N-methyl/N-ethyl adjacent to an activating group) is 1. The second-order valence-corrected chi connectivity index (χ2v) is 5.45. The summed E-state index contributed by atoms with van der Waals surface area (Å²) in [5.74, 6) is 0.743. The number of hydrogen-bond acceptors (Lipinski definition) is 3. The minimum absolute atomic E-state index is 0.743. The zero-order valence-electron chi connectivity index (χ0n) is 9.99. The Bertz CT molecular complexity index is 244. The Labute approximate surface area is 97.3 Å². The molecule has 0 aliphatic carbocycles. The number of nitrogens with one attached hydrogen (secondary N) is 1. The second-order valence-electron chi connectivity index (χ2n) is 4.42. The monoisotopic (exact) mass is 226 g/mol. The van der Waals surface area contributed by atoms with Gasteiger partial charge < -0.3 is 10.2 Å². The highest BCUT2D eigenvalue weighted by atomic mass is 32.1. The van der Waals surface area contributed by atoms with Crippen molar-refractivity contribution < 1.29 is 0 Å². The van der Waals surface area contributed by atoms with Gasteiger partial charge in [0.15, 0.2) is 0 Å². The van der Waals surface area contributed by atoms with E-state index in [1.54, 1.807) is 0 Å². The van der Waals surface area contributed by atoms with Crippen LogP contribution in [-0.4, -0.2) is 31.6 Å². The van der Waals surface area contributed by atoms with Crippen molar-refractivity contribution >= 4 is 11.3 Å². The Hall–Kier alpha value is -0.380. The SMILES string of the molecule is CC(C)CNCCN(C)Cc1cccs1. The molecule has 0 saturated heterocycles. The van der Waals surface area contributed by atoms with Gasteiger partial charge in [0.05, 0.1) is 0 Å². The topological polar surface area (TPSA) is 15.3 Å². The van der Waals surface area contributed by atoms with E-state index in [4.69, 9.17) is 0 Å². The van der Waals surface area contributed by atoms with Gasteiger partial charge in [-0.2, -0.15) is 0 Å². The van der Waals surface area contributed by atoms with E-state index in [0.717, 1.165) is 32.1 Å². The highest BCUT2D eigenvalue weighted by Crippen LogP contribution is 2.10. The van der Waals surface area contributed by atoms with Crippen molar-refractivity contribution in [3.63, 3.8) is 0 Å². The van der Waals surface area contributed by atoms with Crippen molar-refractivity contribution in [2.45, 2.75) is 20.4 Å². The normalized spacial score (nSPS) is 11.5. The van der Waals surface area contributed by atoms with Gasteiger partial charge in [0.25, 0.3) is 0 Å². The summed E-state index contributed by atoms with van der Waals surface area (Å²) in [6.07, 6.45) is 0. The van der Waals surface area contributed by atoms with Crippen molar-refractivity contribution in [1.82, 2.24) is 10.2 Å². The summed E-state index contributed by atoms with van der Waals surface area (Å²) in [5, 5.41) is 5.60. The summed E-state index contributed by atoms with van der Waals surface area (Å²) >= 11 is 1.83. The Morgan fingerprint density at radius 2 is 2.27 bits per heavy atom. The first-order valence-electron chi connectivity index (χ1n) is 5.60. The Morgan fingerprint density at radius 3 is 2.87 bits per heavy atom. The molecule has 1 aromatic rings. The molecule has 2 nitrogen and oxygen atoms in total. The van der Waals surface area contributed by atoms with Gasteiger partial charge in [-0.1, -0.05) is 19.9 Å². The van der Waals surface area contributed by atoms with Gasteiger partial charge in [-0.15, -0.1) is 11.3 Å². The van der Waals surface area contributed by atoms with Crippen LogP contribution in [0.1, 0.15) is 18.7 Å². The molecule has 0 fully saturated rings.